The first-order chi connectivity index (χ1) is 9.86. The van der Waals surface area contributed by atoms with E-state index in [4.69, 9.17) is 9.47 Å². The lowest BCUT2D eigenvalue weighted by molar-refractivity contribution is -0.137. The third kappa shape index (κ3) is 6.01. The van der Waals surface area contributed by atoms with Crippen molar-refractivity contribution < 1.29 is 19.1 Å². The van der Waals surface area contributed by atoms with E-state index in [1.54, 1.807) is 12.0 Å². The summed E-state index contributed by atoms with van der Waals surface area (Å²) in [5.41, 5.74) is -0.297. The number of amides is 2. The van der Waals surface area contributed by atoms with Crippen molar-refractivity contribution in [3.63, 3.8) is 0 Å². The molecule has 1 aliphatic heterocycles. The van der Waals surface area contributed by atoms with Crippen molar-refractivity contribution in [3.05, 3.63) is 0 Å². The fraction of sp³-hybridized carbons (Fsp3) is 0.867. The summed E-state index contributed by atoms with van der Waals surface area (Å²) in [7, 11) is 1.66. The maximum atomic E-state index is 12.5. The Hall–Kier alpha value is -1.14. The number of carbonyl (C=O) groups is 2. The highest BCUT2D eigenvalue weighted by molar-refractivity contribution is 5.90. The van der Waals surface area contributed by atoms with E-state index in [1.165, 1.54) is 0 Å². The Balaban J connectivity index is 2.48. The number of rotatable bonds is 7. The third-order valence-corrected chi connectivity index (χ3v) is 3.48. The Bertz CT molecular complexity index is 352. The molecule has 0 aromatic rings. The summed E-state index contributed by atoms with van der Waals surface area (Å²) in [4.78, 5) is 26.0. The minimum atomic E-state index is -0.471. The van der Waals surface area contributed by atoms with Crippen LogP contribution < -0.4 is 5.32 Å². The van der Waals surface area contributed by atoms with Gasteiger partial charge in [-0.15, -0.1) is 0 Å². The topological polar surface area (TPSA) is 67.9 Å². The first kappa shape index (κ1) is 17.9. The Labute approximate surface area is 127 Å². The van der Waals surface area contributed by atoms with Crippen LogP contribution in [0.5, 0.6) is 0 Å². The van der Waals surface area contributed by atoms with Crippen molar-refractivity contribution in [1.82, 2.24) is 10.2 Å². The zero-order valence-electron chi connectivity index (χ0n) is 13.6. The smallest absolute Gasteiger partial charge is 0.245 e. The van der Waals surface area contributed by atoms with Crippen LogP contribution in [0.25, 0.3) is 0 Å². The minimum Gasteiger partial charge on any atom is -0.385 e. The second-order valence-electron chi connectivity index (χ2n) is 6.40. The van der Waals surface area contributed by atoms with Crippen LogP contribution in [0.4, 0.5) is 0 Å². The van der Waals surface area contributed by atoms with Crippen LogP contribution in [0.1, 0.15) is 33.6 Å². The van der Waals surface area contributed by atoms with E-state index in [0.717, 1.165) is 6.42 Å². The standard InChI is InChI=1S/C15H28N2O4/c1-15(2,3)13-14(19)17(7-6-12(18)16-13)8-11-21-10-5-9-20-4/h13H,5-11H2,1-4H3,(H,16,18). The fourth-order valence-corrected chi connectivity index (χ4v) is 2.22. The van der Waals surface area contributed by atoms with E-state index < -0.39 is 6.04 Å². The third-order valence-electron chi connectivity index (χ3n) is 3.48. The predicted octanol–water partition coefficient (Wildman–Crippen LogP) is 0.803. The van der Waals surface area contributed by atoms with Gasteiger partial charge in [-0.3, -0.25) is 9.59 Å². The van der Waals surface area contributed by atoms with E-state index in [-0.39, 0.29) is 17.2 Å². The highest BCUT2D eigenvalue weighted by atomic mass is 16.5. The first-order valence-corrected chi connectivity index (χ1v) is 7.51. The van der Waals surface area contributed by atoms with Crippen molar-refractivity contribution in [3.8, 4) is 0 Å². The molecule has 1 heterocycles. The summed E-state index contributed by atoms with van der Waals surface area (Å²) in [6.07, 6.45) is 1.19. The molecule has 1 fully saturated rings. The van der Waals surface area contributed by atoms with Gasteiger partial charge in [-0.25, -0.2) is 0 Å². The van der Waals surface area contributed by atoms with Gasteiger partial charge in [0.05, 0.1) is 6.61 Å². The van der Waals surface area contributed by atoms with Gasteiger partial charge < -0.3 is 19.7 Å². The van der Waals surface area contributed by atoms with Crippen LogP contribution in [-0.2, 0) is 19.1 Å². The zero-order valence-corrected chi connectivity index (χ0v) is 13.6. The van der Waals surface area contributed by atoms with E-state index in [1.807, 2.05) is 20.8 Å². The molecule has 6 nitrogen and oxygen atoms in total. The molecule has 122 valence electrons. The number of carbonyl (C=O) groups excluding carboxylic acids is 2. The molecule has 0 radical (unpaired) electrons. The molecule has 1 rings (SSSR count). The number of methoxy groups -OCH3 is 1. The van der Waals surface area contributed by atoms with Crippen molar-refractivity contribution >= 4 is 11.8 Å². The summed E-state index contributed by atoms with van der Waals surface area (Å²) in [5.74, 6) is -0.0828. The van der Waals surface area contributed by atoms with Gasteiger partial charge in [0.2, 0.25) is 11.8 Å². The molecule has 1 unspecified atom stereocenters. The van der Waals surface area contributed by atoms with Crippen LogP contribution in [0.15, 0.2) is 0 Å². The summed E-state index contributed by atoms with van der Waals surface area (Å²) >= 11 is 0. The average molecular weight is 300 g/mol. The summed E-state index contributed by atoms with van der Waals surface area (Å²) < 4.78 is 10.4. The molecule has 0 aromatic carbocycles. The van der Waals surface area contributed by atoms with E-state index >= 15 is 0 Å². The van der Waals surface area contributed by atoms with Gasteiger partial charge in [-0.05, 0) is 11.8 Å². The Morgan fingerprint density at radius 3 is 2.57 bits per heavy atom. The molecule has 0 aliphatic carbocycles. The molecule has 1 saturated heterocycles. The molecule has 2 amide bonds. The highest BCUT2D eigenvalue weighted by Crippen LogP contribution is 2.22. The number of ether oxygens (including phenoxy) is 2. The van der Waals surface area contributed by atoms with Gasteiger partial charge >= 0.3 is 0 Å². The van der Waals surface area contributed by atoms with Gasteiger partial charge in [0.25, 0.3) is 0 Å². The van der Waals surface area contributed by atoms with Crippen LogP contribution in [0.3, 0.4) is 0 Å². The van der Waals surface area contributed by atoms with E-state index in [0.29, 0.717) is 39.3 Å². The van der Waals surface area contributed by atoms with Crippen LogP contribution in [0.2, 0.25) is 0 Å². The lowest BCUT2D eigenvalue weighted by atomic mass is 9.86. The Morgan fingerprint density at radius 1 is 1.24 bits per heavy atom. The maximum Gasteiger partial charge on any atom is 0.245 e. The molecule has 1 aliphatic rings. The maximum absolute atomic E-state index is 12.5. The lowest BCUT2D eigenvalue weighted by Gasteiger charge is -2.32. The molecular weight excluding hydrogens is 272 g/mol. The van der Waals surface area contributed by atoms with Gasteiger partial charge in [-0.1, -0.05) is 20.8 Å². The van der Waals surface area contributed by atoms with E-state index in [2.05, 4.69) is 5.32 Å². The fourth-order valence-electron chi connectivity index (χ4n) is 2.22. The van der Waals surface area contributed by atoms with E-state index in [9.17, 15) is 9.59 Å². The Morgan fingerprint density at radius 2 is 1.95 bits per heavy atom. The average Bonchev–Trinajstić information content (AvgIpc) is 2.54. The number of hydrogen-bond donors (Lipinski definition) is 1. The second kappa shape index (κ2) is 8.34. The SMILES string of the molecule is COCCCOCCN1CCC(=O)NC(C(C)(C)C)C1=O. The molecular formula is C15H28N2O4. The molecule has 21 heavy (non-hydrogen) atoms. The molecule has 0 bridgehead atoms. The predicted molar refractivity (Wildman–Crippen MR) is 79.9 cm³/mol. The largest absolute Gasteiger partial charge is 0.385 e. The molecule has 1 atom stereocenters. The molecule has 0 aromatic heterocycles. The number of nitrogens with one attached hydrogen (secondary N) is 1. The normalized spacial score (nSPS) is 20.4. The van der Waals surface area contributed by atoms with Gasteiger partial charge in [0, 0.05) is 39.8 Å². The van der Waals surface area contributed by atoms with Gasteiger partial charge in [-0.2, -0.15) is 0 Å². The monoisotopic (exact) mass is 300 g/mol. The minimum absolute atomic E-state index is 0.0196. The first-order valence-electron chi connectivity index (χ1n) is 7.51. The van der Waals surface area contributed by atoms with Crippen molar-refractivity contribution in [2.75, 3.05) is 40.0 Å². The highest BCUT2D eigenvalue weighted by Gasteiger charge is 2.37. The second-order valence-corrected chi connectivity index (χ2v) is 6.40. The van der Waals surface area contributed by atoms with Crippen molar-refractivity contribution in [2.24, 2.45) is 5.41 Å². The van der Waals surface area contributed by atoms with Crippen LogP contribution in [0, 0.1) is 5.41 Å². The molecule has 1 N–H and O–H groups in total. The lowest BCUT2D eigenvalue weighted by Crippen LogP contribution is -2.52. The van der Waals surface area contributed by atoms with Gasteiger partial charge in [0.15, 0.2) is 0 Å². The number of hydrogen-bond acceptors (Lipinski definition) is 4. The molecule has 0 saturated carbocycles. The summed E-state index contributed by atoms with van der Waals surface area (Å²) in [6, 6.07) is -0.471. The van der Waals surface area contributed by atoms with Crippen LogP contribution >= 0.6 is 0 Å². The molecule has 0 spiro atoms. The van der Waals surface area contributed by atoms with Crippen molar-refractivity contribution in [2.45, 2.75) is 39.7 Å². The number of nitrogens with zero attached hydrogens (tertiary/aromatic N) is 1. The Kier molecular flexibility index (Phi) is 7.11. The summed E-state index contributed by atoms with van der Waals surface area (Å²) in [5, 5.41) is 2.83. The van der Waals surface area contributed by atoms with Crippen molar-refractivity contribution in [1.29, 1.82) is 0 Å². The zero-order chi connectivity index (χ0) is 15.9. The quantitative estimate of drug-likeness (QED) is 0.706. The van der Waals surface area contributed by atoms with Crippen LogP contribution in [-0.4, -0.2) is 62.8 Å². The van der Waals surface area contributed by atoms with Gasteiger partial charge in [0.1, 0.15) is 6.04 Å². The molecule has 6 heteroatoms. The summed E-state index contributed by atoms with van der Waals surface area (Å²) in [6.45, 7) is 8.64.